The summed E-state index contributed by atoms with van der Waals surface area (Å²) in [5, 5.41) is 3.75. The van der Waals surface area contributed by atoms with Crippen molar-refractivity contribution in [3.05, 3.63) is 0 Å². The second kappa shape index (κ2) is 8.53. The maximum atomic E-state index is 3.75. The fourth-order valence-corrected chi connectivity index (χ4v) is 4.84. The van der Waals surface area contributed by atoms with E-state index in [1.165, 1.54) is 83.8 Å². The molecule has 0 spiro atoms. The van der Waals surface area contributed by atoms with E-state index >= 15 is 0 Å². The SMILES string of the molecule is CCCNCC1(CN(C)C2CCCCC2)CCCC(C)C1. The fourth-order valence-electron chi connectivity index (χ4n) is 4.84. The zero-order valence-electron chi connectivity index (χ0n) is 14.8. The van der Waals surface area contributed by atoms with Crippen LogP contribution in [-0.4, -0.2) is 37.6 Å². The zero-order valence-corrected chi connectivity index (χ0v) is 14.8. The lowest BCUT2D eigenvalue weighted by molar-refractivity contribution is 0.0627. The molecule has 2 fully saturated rings. The lowest BCUT2D eigenvalue weighted by atomic mass is 9.69. The first-order chi connectivity index (χ1) is 10.2. The molecule has 0 saturated heterocycles. The first kappa shape index (κ1) is 17.3. The van der Waals surface area contributed by atoms with Gasteiger partial charge in [-0.05, 0) is 57.0 Å². The van der Waals surface area contributed by atoms with Crippen molar-refractivity contribution in [2.75, 3.05) is 26.7 Å². The summed E-state index contributed by atoms with van der Waals surface area (Å²) in [7, 11) is 2.40. The molecule has 0 amide bonds. The summed E-state index contributed by atoms with van der Waals surface area (Å²) in [6.45, 7) is 8.48. The molecule has 2 rings (SSSR count). The molecule has 0 aromatic heterocycles. The molecule has 0 aliphatic heterocycles. The van der Waals surface area contributed by atoms with Crippen molar-refractivity contribution in [3.63, 3.8) is 0 Å². The van der Waals surface area contributed by atoms with Gasteiger partial charge in [-0.1, -0.05) is 46.0 Å². The van der Waals surface area contributed by atoms with Crippen LogP contribution in [-0.2, 0) is 0 Å². The van der Waals surface area contributed by atoms with Gasteiger partial charge in [0.25, 0.3) is 0 Å². The number of hydrogen-bond donors (Lipinski definition) is 1. The second-order valence-electron chi connectivity index (χ2n) is 8.09. The van der Waals surface area contributed by atoms with E-state index in [0.717, 1.165) is 12.0 Å². The first-order valence-electron chi connectivity index (χ1n) is 9.56. The Morgan fingerprint density at radius 1 is 1.10 bits per heavy atom. The van der Waals surface area contributed by atoms with Crippen LogP contribution in [0.1, 0.15) is 78.1 Å². The van der Waals surface area contributed by atoms with E-state index < -0.39 is 0 Å². The van der Waals surface area contributed by atoms with Crippen molar-refractivity contribution in [2.45, 2.75) is 84.1 Å². The molecule has 2 aliphatic rings. The van der Waals surface area contributed by atoms with Crippen LogP contribution >= 0.6 is 0 Å². The minimum atomic E-state index is 0.541. The molecule has 2 unspecified atom stereocenters. The van der Waals surface area contributed by atoms with Crippen LogP contribution < -0.4 is 5.32 Å². The monoisotopic (exact) mass is 294 g/mol. The van der Waals surface area contributed by atoms with Gasteiger partial charge in [0.2, 0.25) is 0 Å². The smallest absolute Gasteiger partial charge is 0.00924 e. The molecule has 0 aromatic rings. The molecule has 0 heterocycles. The Morgan fingerprint density at radius 3 is 2.52 bits per heavy atom. The first-order valence-corrected chi connectivity index (χ1v) is 9.56. The van der Waals surface area contributed by atoms with Crippen LogP contribution in [0.15, 0.2) is 0 Å². The Bertz CT molecular complexity index is 285. The normalized spacial score (nSPS) is 31.7. The lowest BCUT2D eigenvalue weighted by Crippen LogP contribution is -2.48. The van der Waals surface area contributed by atoms with Crippen LogP contribution in [0.3, 0.4) is 0 Å². The highest BCUT2D eigenvalue weighted by Crippen LogP contribution is 2.40. The predicted molar refractivity (Wildman–Crippen MR) is 92.7 cm³/mol. The minimum absolute atomic E-state index is 0.541. The van der Waals surface area contributed by atoms with Gasteiger partial charge < -0.3 is 10.2 Å². The summed E-state index contributed by atoms with van der Waals surface area (Å²) in [4.78, 5) is 2.73. The average Bonchev–Trinajstić information content (AvgIpc) is 2.48. The maximum absolute atomic E-state index is 3.75. The lowest BCUT2D eigenvalue weighted by Gasteiger charge is -2.45. The number of hydrogen-bond acceptors (Lipinski definition) is 2. The van der Waals surface area contributed by atoms with Crippen LogP contribution in [0.4, 0.5) is 0 Å². The molecule has 2 saturated carbocycles. The van der Waals surface area contributed by atoms with Crippen molar-refractivity contribution in [2.24, 2.45) is 11.3 Å². The van der Waals surface area contributed by atoms with Gasteiger partial charge in [0, 0.05) is 19.1 Å². The molecule has 21 heavy (non-hydrogen) atoms. The van der Waals surface area contributed by atoms with Gasteiger partial charge in [-0.3, -0.25) is 0 Å². The van der Waals surface area contributed by atoms with Crippen LogP contribution in [0.2, 0.25) is 0 Å². The van der Waals surface area contributed by atoms with Gasteiger partial charge in [0.05, 0.1) is 0 Å². The Hall–Kier alpha value is -0.0800. The van der Waals surface area contributed by atoms with Gasteiger partial charge in [0.15, 0.2) is 0 Å². The third-order valence-corrected chi connectivity index (χ3v) is 5.90. The van der Waals surface area contributed by atoms with E-state index in [9.17, 15) is 0 Å². The van der Waals surface area contributed by atoms with Crippen LogP contribution in [0.5, 0.6) is 0 Å². The van der Waals surface area contributed by atoms with Crippen molar-refractivity contribution < 1.29 is 0 Å². The summed E-state index contributed by atoms with van der Waals surface area (Å²) >= 11 is 0. The van der Waals surface area contributed by atoms with Gasteiger partial charge in [-0.25, -0.2) is 0 Å². The molecule has 2 aliphatic carbocycles. The molecular weight excluding hydrogens is 256 g/mol. The highest BCUT2D eigenvalue weighted by Gasteiger charge is 2.36. The second-order valence-corrected chi connectivity index (χ2v) is 8.09. The van der Waals surface area contributed by atoms with Gasteiger partial charge in [-0.15, -0.1) is 0 Å². The summed E-state index contributed by atoms with van der Waals surface area (Å²) in [6.07, 6.45) is 14.2. The Labute approximate surface area is 133 Å². The summed E-state index contributed by atoms with van der Waals surface area (Å²) in [5.41, 5.74) is 0.541. The van der Waals surface area contributed by atoms with Crippen LogP contribution in [0.25, 0.3) is 0 Å². The van der Waals surface area contributed by atoms with E-state index in [1.54, 1.807) is 0 Å². The van der Waals surface area contributed by atoms with Gasteiger partial charge in [-0.2, -0.15) is 0 Å². The van der Waals surface area contributed by atoms with Gasteiger partial charge >= 0.3 is 0 Å². The largest absolute Gasteiger partial charge is 0.316 e. The third kappa shape index (κ3) is 5.25. The molecule has 124 valence electrons. The molecule has 0 aromatic carbocycles. The van der Waals surface area contributed by atoms with Gasteiger partial charge in [0.1, 0.15) is 0 Å². The van der Waals surface area contributed by atoms with E-state index in [1.807, 2.05) is 0 Å². The summed E-state index contributed by atoms with van der Waals surface area (Å²) in [5.74, 6) is 0.918. The molecule has 2 heteroatoms. The van der Waals surface area contributed by atoms with Crippen molar-refractivity contribution in [1.29, 1.82) is 0 Å². The topological polar surface area (TPSA) is 15.3 Å². The molecule has 0 bridgehead atoms. The minimum Gasteiger partial charge on any atom is -0.316 e. The molecule has 1 N–H and O–H groups in total. The third-order valence-electron chi connectivity index (χ3n) is 5.90. The quantitative estimate of drug-likeness (QED) is 0.698. The molecule has 0 radical (unpaired) electrons. The predicted octanol–water partition coefficient (Wildman–Crippen LogP) is 4.45. The zero-order chi connectivity index (χ0) is 15.1. The molecular formula is C19H38N2. The highest BCUT2D eigenvalue weighted by atomic mass is 15.1. The van der Waals surface area contributed by atoms with Crippen molar-refractivity contribution in [3.8, 4) is 0 Å². The van der Waals surface area contributed by atoms with E-state index in [0.29, 0.717) is 5.41 Å². The highest BCUT2D eigenvalue weighted by molar-refractivity contribution is 4.91. The van der Waals surface area contributed by atoms with E-state index in [-0.39, 0.29) is 0 Å². The summed E-state index contributed by atoms with van der Waals surface area (Å²) in [6, 6.07) is 0.860. The number of rotatable bonds is 7. The Kier molecular flexibility index (Phi) is 7.01. The maximum Gasteiger partial charge on any atom is 0.00924 e. The molecule has 2 atom stereocenters. The number of nitrogens with zero attached hydrogens (tertiary/aromatic N) is 1. The average molecular weight is 295 g/mol. The van der Waals surface area contributed by atoms with Crippen molar-refractivity contribution in [1.82, 2.24) is 10.2 Å². The standard InChI is InChI=1S/C19H38N2/c1-4-13-20-15-19(12-8-9-17(2)14-19)16-21(3)18-10-6-5-7-11-18/h17-18,20H,4-16H2,1-3H3. The van der Waals surface area contributed by atoms with E-state index in [2.05, 4.69) is 31.1 Å². The Morgan fingerprint density at radius 2 is 1.86 bits per heavy atom. The van der Waals surface area contributed by atoms with Crippen molar-refractivity contribution >= 4 is 0 Å². The van der Waals surface area contributed by atoms with Crippen LogP contribution in [0, 0.1) is 11.3 Å². The molecule has 2 nitrogen and oxygen atoms in total. The fraction of sp³-hybridized carbons (Fsp3) is 1.00. The number of nitrogens with one attached hydrogen (secondary N) is 1. The summed E-state index contributed by atoms with van der Waals surface area (Å²) < 4.78 is 0. The Balaban J connectivity index is 1.93. The van der Waals surface area contributed by atoms with E-state index in [4.69, 9.17) is 0 Å².